The van der Waals surface area contributed by atoms with Crippen molar-refractivity contribution < 1.29 is 9.53 Å². The lowest BCUT2D eigenvalue weighted by atomic mass is 9.85. The van der Waals surface area contributed by atoms with Crippen molar-refractivity contribution >= 4 is 17.4 Å². The quantitative estimate of drug-likeness (QED) is 0.307. The number of H-pyrrole nitrogens is 1. The summed E-state index contributed by atoms with van der Waals surface area (Å²) in [4.78, 5) is 28.3. The number of carbonyl (C=O) groups is 1. The molecule has 2 saturated heterocycles. The molecule has 2 bridgehead atoms. The molecule has 0 unspecified atom stereocenters. The molecule has 11 nitrogen and oxygen atoms in total. The number of aromatic amines is 1. The number of nitrogens with zero attached hydrogens (tertiary/aromatic N) is 7. The summed E-state index contributed by atoms with van der Waals surface area (Å²) < 4.78 is 6.89. The maximum atomic E-state index is 13.4. The monoisotopic (exact) mass is 561 g/mol. The summed E-state index contributed by atoms with van der Waals surface area (Å²) >= 11 is 0. The van der Waals surface area contributed by atoms with Gasteiger partial charge in [0.25, 0.3) is 5.91 Å². The van der Waals surface area contributed by atoms with E-state index in [1.54, 1.807) is 4.52 Å². The summed E-state index contributed by atoms with van der Waals surface area (Å²) in [5, 5.41) is 12.6. The number of nitrogens with two attached hydrogens (primary N) is 1. The third-order valence-corrected chi connectivity index (χ3v) is 9.10. The Kier molecular flexibility index (Phi) is 5.73. The SMILES string of the molecule is COc1nnc(C(=O)N2[C@@H]3CC[C@H]2C[C@@H](c2nc4c(-c5ccc(-c6ccccc6)nc5)cnn4c(N)c2C2CC2)C3)[nH]1. The molecule has 3 N–H and O–H groups in total. The standard InChI is InChI=1S/C31H31N9O2/c1-42-31-36-28(37-38-31)30(41)39-21-10-11-22(39)14-20(13-21)26-25(18-7-8-18)27(32)40-29(35-26)23(16-34-40)19-9-12-24(33-15-19)17-5-3-2-4-6-17/h2-6,9,12,15-16,18,20-22H,7-8,10-11,13-14,32H2,1H3,(H,36,37,38)/t20-,21+,22-. The van der Waals surface area contributed by atoms with Crippen LogP contribution in [0, 0.1) is 0 Å². The first kappa shape index (κ1) is 25.0. The average molecular weight is 562 g/mol. The van der Waals surface area contributed by atoms with Crippen LogP contribution in [0.5, 0.6) is 6.01 Å². The Labute approximate surface area is 242 Å². The second-order valence-electron chi connectivity index (χ2n) is 11.6. The van der Waals surface area contributed by atoms with Crippen molar-refractivity contribution in [3.05, 3.63) is 71.9 Å². The van der Waals surface area contributed by atoms with Crippen LogP contribution in [0.2, 0.25) is 0 Å². The minimum absolute atomic E-state index is 0.114. The lowest BCUT2D eigenvalue weighted by molar-refractivity contribution is 0.0556. The Morgan fingerprint density at radius 1 is 0.952 bits per heavy atom. The average Bonchev–Trinajstić information content (AvgIpc) is 3.47. The summed E-state index contributed by atoms with van der Waals surface area (Å²) in [6.45, 7) is 0. The van der Waals surface area contributed by atoms with Crippen molar-refractivity contribution in [1.29, 1.82) is 0 Å². The lowest BCUT2D eigenvalue weighted by Gasteiger charge is -2.39. The zero-order chi connectivity index (χ0) is 28.4. The number of amides is 1. The molecule has 8 rings (SSSR count). The summed E-state index contributed by atoms with van der Waals surface area (Å²) in [5.74, 6) is 1.40. The normalized spacial score (nSPS) is 21.6. The molecular weight excluding hydrogens is 530 g/mol. The van der Waals surface area contributed by atoms with Crippen molar-refractivity contribution in [3.8, 4) is 28.4 Å². The van der Waals surface area contributed by atoms with Crippen LogP contribution in [0.3, 0.4) is 0 Å². The number of aromatic nitrogens is 7. The van der Waals surface area contributed by atoms with Gasteiger partial charge in [0.1, 0.15) is 5.82 Å². The molecule has 5 aromatic rings. The van der Waals surface area contributed by atoms with Gasteiger partial charge in [0.2, 0.25) is 5.82 Å². The number of anilines is 1. The van der Waals surface area contributed by atoms with Gasteiger partial charge in [0, 0.05) is 46.5 Å². The van der Waals surface area contributed by atoms with Crippen molar-refractivity contribution in [3.63, 3.8) is 0 Å². The molecule has 1 aliphatic carbocycles. The molecule has 11 heteroatoms. The Hall–Kier alpha value is -4.80. The second kappa shape index (κ2) is 9.64. The number of carbonyl (C=O) groups excluding carboxylic acids is 1. The second-order valence-corrected chi connectivity index (χ2v) is 11.6. The molecule has 3 aliphatic rings. The van der Waals surface area contributed by atoms with E-state index in [9.17, 15) is 4.79 Å². The highest BCUT2D eigenvalue weighted by Gasteiger charge is 2.46. The van der Waals surface area contributed by atoms with Crippen LogP contribution in [-0.4, -0.2) is 64.8 Å². The van der Waals surface area contributed by atoms with Gasteiger partial charge < -0.3 is 15.4 Å². The number of hydrogen-bond acceptors (Lipinski definition) is 8. The highest BCUT2D eigenvalue weighted by molar-refractivity contribution is 5.91. The van der Waals surface area contributed by atoms with Crippen molar-refractivity contribution in [2.75, 3.05) is 12.8 Å². The fourth-order valence-electron chi connectivity index (χ4n) is 6.97. The van der Waals surface area contributed by atoms with Crippen LogP contribution >= 0.6 is 0 Å². The maximum Gasteiger partial charge on any atom is 0.314 e. The van der Waals surface area contributed by atoms with Gasteiger partial charge >= 0.3 is 6.01 Å². The van der Waals surface area contributed by atoms with Crippen LogP contribution in [0.1, 0.15) is 72.2 Å². The van der Waals surface area contributed by atoms with Gasteiger partial charge in [-0.05, 0) is 50.5 Å². The van der Waals surface area contributed by atoms with Crippen molar-refractivity contribution in [2.45, 2.75) is 62.4 Å². The molecule has 0 spiro atoms. The Balaban J connectivity index is 1.14. The Bertz CT molecular complexity index is 1780. The maximum absolute atomic E-state index is 13.4. The van der Waals surface area contributed by atoms with E-state index in [-0.39, 0.29) is 35.7 Å². The number of hydrogen-bond donors (Lipinski definition) is 2. The van der Waals surface area contributed by atoms with Crippen LogP contribution in [0.4, 0.5) is 5.82 Å². The van der Waals surface area contributed by atoms with Crippen LogP contribution in [0.25, 0.3) is 28.0 Å². The van der Waals surface area contributed by atoms with Gasteiger partial charge in [-0.25, -0.2) is 4.98 Å². The molecule has 1 saturated carbocycles. The Morgan fingerprint density at radius 3 is 2.40 bits per heavy atom. The molecule has 1 aromatic carbocycles. The zero-order valence-electron chi connectivity index (χ0n) is 23.3. The van der Waals surface area contributed by atoms with Gasteiger partial charge in [-0.1, -0.05) is 41.5 Å². The molecule has 2 aliphatic heterocycles. The van der Waals surface area contributed by atoms with E-state index in [0.717, 1.165) is 77.8 Å². The van der Waals surface area contributed by atoms with Crippen molar-refractivity contribution in [2.24, 2.45) is 0 Å². The van der Waals surface area contributed by atoms with E-state index in [1.807, 2.05) is 41.6 Å². The number of ether oxygens (including phenoxy) is 1. The number of fused-ring (bicyclic) bond motifs is 3. The van der Waals surface area contributed by atoms with Crippen molar-refractivity contribution in [1.82, 2.24) is 39.7 Å². The van der Waals surface area contributed by atoms with Gasteiger partial charge in [-0.3, -0.25) is 14.8 Å². The van der Waals surface area contributed by atoms with Crippen LogP contribution in [-0.2, 0) is 0 Å². The first-order valence-corrected chi connectivity index (χ1v) is 14.6. The largest absolute Gasteiger partial charge is 0.467 e. The fraction of sp³-hybridized carbons (Fsp3) is 0.355. The number of nitrogens with one attached hydrogen (secondary N) is 1. The molecule has 4 aromatic heterocycles. The van der Waals surface area contributed by atoms with Gasteiger partial charge in [0.15, 0.2) is 5.65 Å². The minimum atomic E-state index is -0.119. The molecule has 3 atom stereocenters. The highest BCUT2D eigenvalue weighted by atomic mass is 16.5. The summed E-state index contributed by atoms with van der Waals surface area (Å²) in [5.41, 5.74) is 13.7. The topological polar surface area (TPSA) is 140 Å². The fourth-order valence-corrected chi connectivity index (χ4v) is 6.97. The molecule has 3 fully saturated rings. The number of benzene rings is 1. The number of nitrogen functional groups attached to an aromatic ring is 1. The van der Waals surface area contributed by atoms with Crippen LogP contribution in [0.15, 0.2) is 54.9 Å². The summed E-state index contributed by atoms with van der Waals surface area (Å²) in [7, 11) is 1.50. The number of rotatable bonds is 6. The molecule has 1 amide bonds. The number of methoxy groups -OCH3 is 1. The van der Waals surface area contributed by atoms with E-state index < -0.39 is 0 Å². The third kappa shape index (κ3) is 4.02. The van der Waals surface area contributed by atoms with E-state index in [2.05, 4.69) is 38.5 Å². The third-order valence-electron chi connectivity index (χ3n) is 9.10. The van der Waals surface area contributed by atoms with E-state index in [0.29, 0.717) is 11.7 Å². The number of pyridine rings is 1. The summed E-state index contributed by atoms with van der Waals surface area (Å²) in [6, 6.07) is 14.7. The first-order chi connectivity index (χ1) is 20.6. The Morgan fingerprint density at radius 2 is 1.74 bits per heavy atom. The van der Waals surface area contributed by atoms with E-state index in [4.69, 9.17) is 20.4 Å². The smallest absolute Gasteiger partial charge is 0.314 e. The first-order valence-electron chi connectivity index (χ1n) is 14.6. The zero-order valence-corrected chi connectivity index (χ0v) is 23.3. The van der Waals surface area contributed by atoms with Gasteiger partial charge in [-0.2, -0.15) is 9.61 Å². The van der Waals surface area contributed by atoms with Gasteiger partial charge in [0.05, 0.1) is 24.7 Å². The lowest BCUT2D eigenvalue weighted by Crippen LogP contribution is -2.46. The predicted octanol–water partition coefficient (Wildman–Crippen LogP) is 4.60. The summed E-state index contributed by atoms with van der Waals surface area (Å²) in [6.07, 6.45) is 9.56. The van der Waals surface area contributed by atoms with E-state index in [1.165, 1.54) is 7.11 Å². The predicted molar refractivity (Wildman–Crippen MR) is 156 cm³/mol. The van der Waals surface area contributed by atoms with E-state index >= 15 is 0 Å². The highest BCUT2D eigenvalue weighted by Crippen LogP contribution is 2.50. The van der Waals surface area contributed by atoms with Gasteiger partial charge in [-0.15, -0.1) is 5.10 Å². The molecule has 6 heterocycles. The van der Waals surface area contributed by atoms with Crippen LogP contribution < -0.4 is 10.5 Å². The molecule has 212 valence electrons. The minimum Gasteiger partial charge on any atom is -0.467 e. The number of piperidine rings is 1. The molecule has 0 radical (unpaired) electrons. The molecule has 42 heavy (non-hydrogen) atoms. The molecular formula is C31H31N9O2.